The van der Waals surface area contributed by atoms with Crippen LogP contribution in [0.4, 0.5) is 11.8 Å². The lowest BCUT2D eigenvalue weighted by Crippen LogP contribution is -2.46. The second kappa shape index (κ2) is 8.69. The predicted molar refractivity (Wildman–Crippen MR) is 123 cm³/mol. The molecule has 4 heterocycles. The fraction of sp³-hybridized carbons (Fsp3) is 0.417. The van der Waals surface area contributed by atoms with Gasteiger partial charge in [-0.1, -0.05) is 12.1 Å². The minimum absolute atomic E-state index is 0.192. The zero-order chi connectivity index (χ0) is 22.1. The number of ether oxygens (including phenoxy) is 2. The molecule has 0 radical (unpaired) electrons. The van der Waals surface area contributed by atoms with Gasteiger partial charge in [0.2, 0.25) is 5.95 Å². The highest BCUT2D eigenvalue weighted by Crippen LogP contribution is 2.31. The monoisotopic (exact) mass is 430 g/mol. The van der Waals surface area contributed by atoms with Gasteiger partial charge in [0.05, 0.1) is 61.2 Å². The van der Waals surface area contributed by atoms with E-state index < -0.39 is 0 Å². The third-order valence-electron chi connectivity index (χ3n) is 6.10. The van der Waals surface area contributed by atoms with Crippen LogP contribution in [0.1, 0.15) is 19.4 Å². The molecule has 2 aliphatic heterocycles. The summed E-state index contributed by atoms with van der Waals surface area (Å²) in [5.74, 6) is 1.59. The average molecular weight is 431 g/mol. The molecular weight excluding hydrogens is 404 g/mol. The molecule has 0 unspecified atom stereocenters. The van der Waals surface area contributed by atoms with Gasteiger partial charge in [-0.15, -0.1) is 0 Å². The zero-order valence-electron chi connectivity index (χ0n) is 18.4. The molecule has 2 aromatic heterocycles. The van der Waals surface area contributed by atoms with Crippen LogP contribution in [0.15, 0.2) is 36.4 Å². The Balaban J connectivity index is 1.63. The van der Waals surface area contributed by atoms with Crippen molar-refractivity contribution in [3.05, 3.63) is 42.0 Å². The summed E-state index contributed by atoms with van der Waals surface area (Å²) in [6, 6.07) is 14.1. The Kier molecular flexibility index (Phi) is 5.60. The average Bonchev–Trinajstić information content (AvgIpc) is 2.84. The molecule has 0 N–H and O–H groups in total. The number of nitriles is 1. The standard InChI is InChI=1S/C24H26N6O2/c1-16-14-31-11-9-29(16)23-20-7-8-21(19-5-3-18(13-25)4-6-19)26-22(20)27-24(28-23)30-10-12-32-15-17(30)2/h3-8,16-17H,9-12,14-15H2,1-2H3/t16-,17-/m0/s1. The smallest absolute Gasteiger partial charge is 0.229 e. The Morgan fingerprint density at radius 2 is 1.56 bits per heavy atom. The van der Waals surface area contributed by atoms with Crippen molar-refractivity contribution in [2.45, 2.75) is 25.9 Å². The lowest BCUT2D eigenvalue weighted by Gasteiger charge is -2.37. The fourth-order valence-electron chi connectivity index (χ4n) is 4.27. The van der Waals surface area contributed by atoms with E-state index in [-0.39, 0.29) is 12.1 Å². The van der Waals surface area contributed by atoms with Crippen LogP contribution in [0.5, 0.6) is 0 Å². The summed E-state index contributed by atoms with van der Waals surface area (Å²) in [6.07, 6.45) is 0. The van der Waals surface area contributed by atoms with Crippen LogP contribution in [0.2, 0.25) is 0 Å². The van der Waals surface area contributed by atoms with Crippen LogP contribution < -0.4 is 9.80 Å². The highest BCUT2D eigenvalue weighted by molar-refractivity contribution is 5.90. The summed E-state index contributed by atoms with van der Waals surface area (Å²) in [6.45, 7) is 8.48. The number of hydrogen-bond donors (Lipinski definition) is 0. The molecule has 0 spiro atoms. The van der Waals surface area contributed by atoms with Crippen LogP contribution >= 0.6 is 0 Å². The molecule has 0 bridgehead atoms. The van der Waals surface area contributed by atoms with Crippen molar-refractivity contribution >= 4 is 22.8 Å². The first-order valence-electron chi connectivity index (χ1n) is 11.0. The Labute approximate surface area is 187 Å². The van der Waals surface area contributed by atoms with Gasteiger partial charge in [0.1, 0.15) is 5.82 Å². The van der Waals surface area contributed by atoms with Gasteiger partial charge in [0.15, 0.2) is 5.65 Å². The van der Waals surface area contributed by atoms with Gasteiger partial charge in [-0.05, 0) is 38.1 Å². The van der Waals surface area contributed by atoms with Crippen molar-refractivity contribution < 1.29 is 9.47 Å². The largest absolute Gasteiger partial charge is 0.377 e. The number of fused-ring (bicyclic) bond motifs is 1. The summed E-state index contributed by atoms with van der Waals surface area (Å²) >= 11 is 0. The lowest BCUT2D eigenvalue weighted by molar-refractivity contribution is 0.0973. The molecule has 5 rings (SSSR count). The van der Waals surface area contributed by atoms with Crippen molar-refractivity contribution in [3.63, 3.8) is 0 Å². The fourth-order valence-corrected chi connectivity index (χ4v) is 4.27. The van der Waals surface area contributed by atoms with Crippen LogP contribution in [0.25, 0.3) is 22.3 Å². The van der Waals surface area contributed by atoms with Crippen LogP contribution in [0, 0.1) is 11.3 Å². The maximum absolute atomic E-state index is 9.08. The van der Waals surface area contributed by atoms with Gasteiger partial charge in [-0.2, -0.15) is 15.2 Å². The first-order valence-corrected chi connectivity index (χ1v) is 11.0. The molecule has 3 aromatic rings. The first kappa shape index (κ1) is 20.6. The maximum atomic E-state index is 9.08. The molecule has 1 aromatic carbocycles. The van der Waals surface area contributed by atoms with E-state index in [4.69, 9.17) is 29.7 Å². The summed E-state index contributed by atoms with van der Waals surface area (Å²) in [7, 11) is 0. The van der Waals surface area contributed by atoms with Crippen molar-refractivity contribution in [2.24, 2.45) is 0 Å². The molecule has 8 heteroatoms. The van der Waals surface area contributed by atoms with Gasteiger partial charge in [-0.25, -0.2) is 4.98 Å². The quantitative estimate of drug-likeness (QED) is 0.627. The van der Waals surface area contributed by atoms with Gasteiger partial charge in [0, 0.05) is 18.7 Å². The molecule has 2 aliphatic rings. The number of rotatable bonds is 3. The summed E-state index contributed by atoms with van der Waals surface area (Å²) in [5.41, 5.74) is 3.07. The number of benzene rings is 1. The number of morpholine rings is 2. The molecule has 8 nitrogen and oxygen atoms in total. The highest BCUT2D eigenvalue weighted by atomic mass is 16.5. The van der Waals surface area contributed by atoms with Gasteiger partial charge in [0.25, 0.3) is 0 Å². The van der Waals surface area contributed by atoms with E-state index in [1.54, 1.807) is 0 Å². The molecular formula is C24H26N6O2. The van der Waals surface area contributed by atoms with E-state index in [1.165, 1.54) is 0 Å². The zero-order valence-corrected chi connectivity index (χ0v) is 18.4. The number of hydrogen-bond acceptors (Lipinski definition) is 8. The molecule has 0 aliphatic carbocycles. The molecule has 0 saturated carbocycles. The number of anilines is 2. The minimum atomic E-state index is 0.192. The molecule has 2 fully saturated rings. The van der Waals surface area contributed by atoms with Crippen molar-refractivity contribution in [1.29, 1.82) is 5.26 Å². The van der Waals surface area contributed by atoms with Crippen molar-refractivity contribution in [3.8, 4) is 17.3 Å². The number of nitrogens with zero attached hydrogens (tertiary/aromatic N) is 6. The second-order valence-corrected chi connectivity index (χ2v) is 8.34. The van der Waals surface area contributed by atoms with E-state index in [2.05, 4.69) is 35.8 Å². The molecule has 32 heavy (non-hydrogen) atoms. The van der Waals surface area contributed by atoms with Gasteiger partial charge in [-0.3, -0.25) is 0 Å². The number of aromatic nitrogens is 3. The van der Waals surface area contributed by atoms with Crippen molar-refractivity contribution in [1.82, 2.24) is 15.0 Å². The molecule has 2 saturated heterocycles. The van der Waals surface area contributed by atoms with Crippen LogP contribution in [-0.2, 0) is 9.47 Å². The highest BCUT2D eigenvalue weighted by Gasteiger charge is 2.27. The topological polar surface area (TPSA) is 87.4 Å². The predicted octanol–water partition coefficient (Wildman–Crippen LogP) is 3.01. The summed E-state index contributed by atoms with van der Waals surface area (Å²) in [5, 5.41) is 10.0. The van der Waals surface area contributed by atoms with E-state index in [0.717, 1.165) is 35.6 Å². The van der Waals surface area contributed by atoms with Gasteiger partial charge >= 0.3 is 0 Å². The van der Waals surface area contributed by atoms with Crippen molar-refractivity contribution in [2.75, 3.05) is 49.3 Å². The van der Waals surface area contributed by atoms with E-state index in [9.17, 15) is 0 Å². The summed E-state index contributed by atoms with van der Waals surface area (Å²) in [4.78, 5) is 19.3. The third-order valence-corrected chi connectivity index (χ3v) is 6.10. The maximum Gasteiger partial charge on any atom is 0.229 e. The lowest BCUT2D eigenvalue weighted by atomic mass is 10.1. The second-order valence-electron chi connectivity index (χ2n) is 8.34. The van der Waals surface area contributed by atoms with Crippen LogP contribution in [0.3, 0.4) is 0 Å². The van der Waals surface area contributed by atoms with Crippen LogP contribution in [-0.4, -0.2) is 66.6 Å². The first-order chi connectivity index (χ1) is 15.6. The number of pyridine rings is 1. The van der Waals surface area contributed by atoms with E-state index in [1.807, 2.05) is 30.3 Å². The molecule has 0 amide bonds. The van der Waals surface area contributed by atoms with E-state index >= 15 is 0 Å². The Hall–Kier alpha value is -3.28. The SMILES string of the molecule is C[C@H]1COCCN1c1nc(N2CCOC[C@@H]2C)c2ccc(-c3ccc(C#N)cc3)nc2n1. The summed E-state index contributed by atoms with van der Waals surface area (Å²) < 4.78 is 11.3. The molecule has 164 valence electrons. The minimum Gasteiger partial charge on any atom is -0.377 e. The Morgan fingerprint density at radius 3 is 2.22 bits per heavy atom. The van der Waals surface area contributed by atoms with Gasteiger partial charge < -0.3 is 19.3 Å². The normalized spacial score (nSPS) is 21.5. The molecule has 2 atom stereocenters. The Bertz CT molecular complexity index is 1160. The third kappa shape index (κ3) is 3.85. The van der Waals surface area contributed by atoms with E-state index in [0.29, 0.717) is 43.6 Å². The Morgan fingerprint density at radius 1 is 0.875 bits per heavy atom.